The van der Waals surface area contributed by atoms with Crippen LogP contribution in [-0.4, -0.2) is 12.1 Å². The Kier molecular flexibility index (Phi) is 6.29. The monoisotopic (exact) mass is 304 g/mol. The topological polar surface area (TPSA) is 34.1 Å². The second-order valence-corrected chi connectivity index (χ2v) is 6.39. The fraction of sp³-hybridized carbons (Fsp3) is 0.579. The summed E-state index contributed by atoms with van der Waals surface area (Å²) in [4.78, 5) is 23.6. The summed E-state index contributed by atoms with van der Waals surface area (Å²) >= 11 is 0. The maximum Gasteiger partial charge on any atom is 0.135 e. The first-order valence-electron chi connectivity index (χ1n) is 8.39. The fourth-order valence-corrected chi connectivity index (χ4v) is 3.50. The van der Waals surface area contributed by atoms with Gasteiger partial charge in [0.2, 0.25) is 0 Å². The van der Waals surface area contributed by atoms with Gasteiger partial charge in [-0.05, 0) is 55.7 Å². The van der Waals surface area contributed by atoms with Gasteiger partial charge in [-0.1, -0.05) is 25.5 Å². The molecule has 1 atom stereocenters. The lowest BCUT2D eigenvalue weighted by Crippen LogP contribution is -2.25. The summed E-state index contributed by atoms with van der Waals surface area (Å²) in [6, 6.07) is 6.22. The van der Waals surface area contributed by atoms with Crippen molar-refractivity contribution in [3.63, 3.8) is 0 Å². The van der Waals surface area contributed by atoms with Crippen LogP contribution in [0.15, 0.2) is 24.3 Å². The van der Waals surface area contributed by atoms with Crippen LogP contribution in [0.25, 0.3) is 0 Å². The highest BCUT2D eigenvalue weighted by Crippen LogP contribution is 2.38. The average Bonchev–Trinajstić information content (AvgIpc) is 2.55. The zero-order valence-electron chi connectivity index (χ0n) is 13.3. The third kappa shape index (κ3) is 4.25. The van der Waals surface area contributed by atoms with Crippen molar-refractivity contribution in [2.45, 2.75) is 57.8 Å². The first-order chi connectivity index (χ1) is 10.7. The summed E-state index contributed by atoms with van der Waals surface area (Å²) in [7, 11) is 0. The molecule has 0 N–H and O–H groups in total. The summed E-state index contributed by atoms with van der Waals surface area (Å²) in [5.74, 6) is 0.400. The molecule has 1 saturated carbocycles. The summed E-state index contributed by atoms with van der Waals surface area (Å²) in [6.45, 7) is 2.10. The Hall–Kier alpha value is -1.51. The number of carbonyl (C=O) groups is 2. The van der Waals surface area contributed by atoms with Gasteiger partial charge in [0, 0.05) is 18.3 Å². The molecule has 0 aromatic heterocycles. The highest BCUT2D eigenvalue weighted by molar-refractivity contribution is 5.81. The van der Waals surface area contributed by atoms with Crippen molar-refractivity contribution >= 4 is 12.1 Å². The van der Waals surface area contributed by atoms with Crippen molar-refractivity contribution < 1.29 is 14.0 Å². The number of halogens is 1. The smallest absolute Gasteiger partial charge is 0.135 e. The molecule has 1 aliphatic carbocycles. The van der Waals surface area contributed by atoms with E-state index in [1.165, 1.54) is 12.1 Å². The molecule has 1 aromatic carbocycles. The van der Waals surface area contributed by atoms with Crippen molar-refractivity contribution in [3.05, 3.63) is 35.6 Å². The van der Waals surface area contributed by atoms with Gasteiger partial charge in [0.05, 0.1) is 0 Å². The molecule has 120 valence electrons. The highest BCUT2D eigenvalue weighted by atomic mass is 19.1. The van der Waals surface area contributed by atoms with Gasteiger partial charge in [0.1, 0.15) is 17.9 Å². The Morgan fingerprint density at radius 2 is 1.86 bits per heavy atom. The molecule has 2 rings (SSSR count). The Balaban J connectivity index is 1.93. The van der Waals surface area contributed by atoms with Crippen molar-refractivity contribution in [2.24, 2.45) is 11.8 Å². The standard InChI is InChI=1S/C19H25FO2/c1-2-3-4-19(22)16-7-5-14(6-8-16)18(13-21)15-9-11-17(20)12-10-15/h9-14,16,18H,2-8H2,1H3. The lowest BCUT2D eigenvalue weighted by atomic mass is 9.72. The second-order valence-electron chi connectivity index (χ2n) is 6.39. The Morgan fingerprint density at radius 3 is 2.41 bits per heavy atom. The predicted molar refractivity (Wildman–Crippen MR) is 85.2 cm³/mol. The molecule has 3 heteroatoms. The van der Waals surface area contributed by atoms with Gasteiger partial charge < -0.3 is 4.79 Å². The number of benzene rings is 1. The lowest BCUT2D eigenvalue weighted by Gasteiger charge is -2.31. The van der Waals surface area contributed by atoms with Gasteiger partial charge in [-0.15, -0.1) is 0 Å². The van der Waals surface area contributed by atoms with E-state index < -0.39 is 0 Å². The Morgan fingerprint density at radius 1 is 1.23 bits per heavy atom. The molecule has 2 nitrogen and oxygen atoms in total. The van der Waals surface area contributed by atoms with E-state index in [0.717, 1.165) is 50.4 Å². The van der Waals surface area contributed by atoms with Gasteiger partial charge in [-0.25, -0.2) is 4.39 Å². The molecule has 0 bridgehead atoms. The molecule has 1 unspecified atom stereocenters. The van der Waals surface area contributed by atoms with E-state index in [0.29, 0.717) is 12.2 Å². The lowest BCUT2D eigenvalue weighted by molar-refractivity contribution is -0.124. The SMILES string of the molecule is CCCCC(=O)C1CCC(C(C=O)c2ccc(F)cc2)CC1. The highest BCUT2D eigenvalue weighted by Gasteiger charge is 2.30. The minimum atomic E-state index is -0.279. The van der Waals surface area contributed by atoms with Crippen molar-refractivity contribution in [3.8, 4) is 0 Å². The number of aldehydes is 1. The molecule has 0 heterocycles. The molecule has 1 aliphatic rings. The van der Waals surface area contributed by atoms with Crippen LogP contribution in [0.4, 0.5) is 4.39 Å². The van der Waals surface area contributed by atoms with E-state index in [-0.39, 0.29) is 23.6 Å². The number of hydrogen-bond donors (Lipinski definition) is 0. The summed E-state index contributed by atoms with van der Waals surface area (Å²) in [5, 5.41) is 0. The van der Waals surface area contributed by atoms with Crippen molar-refractivity contribution in [1.29, 1.82) is 0 Å². The van der Waals surface area contributed by atoms with Gasteiger partial charge in [0.15, 0.2) is 0 Å². The molecular formula is C19H25FO2. The largest absolute Gasteiger partial charge is 0.303 e. The molecule has 1 aromatic rings. The van der Waals surface area contributed by atoms with E-state index in [1.807, 2.05) is 0 Å². The number of rotatable bonds is 7. The first kappa shape index (κ1) is 16.9. The van der Waals surface area contributed by atoms with Crippen molar-refractivity contribution in [2.75, 3.05) is 0 Å². The van der Waals surface area contributed by atoms with E-state index in [2.05, 4.69) is 6.92 Å². The van der Waals surface area contributed by atoms with Crippen LogP contribution >= 0.6 is 0 Å². The molecule has 22 heavy (non-hydrogen) atoms. The maximum absolute atomic E-state index is 13.0. The molecule has 1 fully saturated rings. The van der Waals surface area contributed by atoms with Crippen molar-refractivity contribution in [1.82, 2.24) is 0 Å². The molecule has 0 spiro atoms. The molecule has 0 radical (unpaired) electrons. The maximum atomic E-state index is 13.0. The number of carbonyl (C=O) groups excluding carboxylic acids is 2. The quantitative estimate of drug-likeness (QED) is 0.686. The van der Waals surface area contributed by atoms with E-state index in [9.17, 15) is 14.0 Å². The van der Waals surface area contributed by atoms with Crippen LogP contribution in [0.2, 0.25) is 0 Å². The fourth-order valence-electron chi connectivity index (χ4n) is 3.50. The summed E-state index contributed by atoms with van der Waals surface area (Å²) < 4.78 is 13.0. The zero-order chi connectivity index (χ0) is 15.9. The second kappa shape index (κ2) is 8.21. The van der Waals surface area contributed by atoms with Gasteiger partial charge in [-0.3, -0.25) is 4.79 Å². The number of Topliss-reactive ketones (excluding diaryl/α,β-unsaturated/α-hetero) is 1. The summed E-state index contributed by atoms with van der Waals surface area (Å²) in [6.07, 6.45) is 7.30. The van der Waals surface area contributed by atoms with Crippen LogP contribution in [0.1, 0.15) is 63.4 Å². The Labute approximate surface area is 132 Å². The van der Waals surface area contributed by atoms with Crippen LogP contribution < -0.4 is 0 Å². The minimum Gasteiger partial charge on any atom is -0.303 e. The normalized spacial score (nSPS) is 23.0. The number of unbranched alkanes of at least 4 members (excludes halogenated alkanes) is 1. The number of ketones is 1. The van der Waals surface area contributed by atoms with Crippen LogP contribution in [0.5, 0.6) is 0 Å². The molecule has 0 amide bonds. The third-order valence-electron chi connectivity index (χ3n) is 4.91. The van der Waals surface area contributed by atoms with Crippen LogP contribution in [0, 0.1) is 17.7 Å². The average molecular weight is 304 g/mol. The molecule has 0 saturated heterocycles. The van der Waals surface area contributed by atoms with E-state index >= 15 is 0 Å². The first-order valence-corrected chi connectivity index (χ1v) is 8.39. The van der Waals surface area contributed by atoms with E-state index in [4.69, 9.17) is 0 Å². The van der Waals surface area contributed by atoms with E-state index in [1.54, 1.807) is 12.1 Å². The number of hydrogen-bond acceptors (Lipinski definition) is 2. The predicted octanol–water partition coefficient (Wildman–Crippen LogP) is 4.67. The minimum absolute atomic E-state index is 0.174. The molecular weight excluding hydrogens is 279 g/mol. The van der Waals surface area contributed by atoms with Gasteiger partial charge in [-0.2, -0.15) is 0 Å². The third-order valence-corrected chi connectivity index (χ3v) is 4.91. The van der Waals surface area contributed by atoms with Gasteiger partial charge >= 0.3 is 0 Å². The Bertz CT molecular complexity index is 487. The molecule has 0 aliphatic heterocycles. The zero-order valence-corrected chi connectivity index (χ0v) is 13.3. The van der Waals surface area contributed by atoms with Crippen LogP contribution in [-0.2, 0) is 9.59 Å². The van der Waals surface area contributed by atoms with Gasteiger partial charge in [0.25, 0.3) is 0 Å². The summed E-state index contributed by atoms with van der Waals surface area (Å²) in [5.41, 5.74) is 0.886. The van der Waals surface area contributed by atoms with Crippen LogP contribution in [0.3, 0.4) is 0 Å².